The van der Waals surface area contributed by atoms with Crippen LogP contribution in [0.4, 0.5) is 17.1 Å². The van der Waals surface area contributed by atoms with Crippen molar-refractivity contribution in [2.45, 2.75) is 26.3 Å². The SMILES string of the molecule is CC(C)C[C@H](N)C(=O)N1CCN(C2=Nc3cc(Cl)ccc3Nc3ccccc32)CC1.Cl.Cl. The Labute approximate surface area is 207 Å². The van der Waals surface area contributed by atoms with Gasteiger partial charge in [-0.25, -0.2) is 4.99 Å². The highest BCUT2D eigenvalue weighted by molar-refractivity contribution is 6.31. The maximum atomic E-state index is 12.7. The van der Waals surface area contributed by atoms with Gasteiger partial charge in [0.15, 0.2) is 0 Å². The largest absolute Gasteiger partial charge is 0.353 e. The maximum Gasteiger partial charge on any atom is 0.239 e. The number of hydrogen-bond acceptors (Lipinski definition) is 5. The lowest BCUT2D eigenvalue weighted by Gasteiger charge is -2.37. The Morgan fingerprint density at radius 1 is 1.09 bits per heavy atom. The van der Waals surface area contributed by atoms with Crippen molar-refractivity contribution in [2.75, 3.05) is 31.5 Å². The molecule has 9 heteroatoms. The maximum absolute atomic E-state index is 12.7. The van der Waals surface area contributed by atoms with Crippen LogP contribution in [0.1, 0.15) is 25.8 Å². The summed E-state index contributed by atoms with van der Waals surface area (Å²) in [6, 6.07) is 13.4. The molecular weight excluding hydrogens is 469 g/mol. The molecule has 0 unspecified atom stereocenters. The lowest BCUT2D eigenvalue weighted by molar-refractivity contribution is -0.134. The second kappa shape index (κ2) is 11.2. The Kier molecular flexibility index (Phi) is 9.22. The molecule has 1 amide bonds. The quantitative estimate of drug-likeness (QED) is 0.635. The second-order valence-corrected chi connectivity index (χ2v) is 8.75. The number of nitrogens with two attached hydrogens (primary N) is 1. The van der Waals surface area contributed by atoms with E-state index in [0.29, 0.717) is 43.5 Å². The van der Waals surface area contributed by atoms with Gasteiger partial charge in [-0.1, -0.05) is 37.6 Å². The molecule has 32 heavy (non-hydrogen) atoms. The van der Waals surface area contributed by atoms with Gasteiger partial charge < -0.3 is 20.9 Å². The third-order valence-electron chi connectivity index (χ3n) is 5.56. The molecule has 2 aromatic rings. The van der Waals surface area contributed by atoms with E-state index in [-0.39, 0.29) is 30.7 Å². The average Bonchev–Trinajstić information content (AvgIpc) is 2.89. The highest BCUT2D eigenvalue weighted by Gasteiger charge is 2.29. The summed E-state index contributed by atoms with van der Waals surface area (Å²) < 4.78 is 0. The molecule has 0 spiro atoms. The van der Waals surface area contributed by atoms with Crippen LogP contribution in [0.3, 0.4) is 0 Å². The van der Waals surface area contributed by atoms with Crippen LogP contribution in [-0.2, 0) is 4.79 Å². The molecule has 0 saturated carbocycles. The standard InChI is InChI=1S/C23H28ClN5O.2ClH/c1-15(2)13-18(25)23(30)29-11-9-28(10-12-29)22-17-5-3-4-6-19(17)26-20-8-7-16(24)14-21(20)27-22;;/h3-8,14-15,18,26H,9-13,25H2,1-2H3;2*1H/t18-;;/m0../s1. The van der Waals surface area contributed by atoms with E-state index in [1.807, 2.05) is 35.2 Å². The van der Waals surface area contributed by atoms with E-state index in [4.69, 9.17) is 22.3 Å². The van der Waals surface area contributed by atoms with Gasteiger partial charge in [-0.05, 0) is 42.7 Å². The number of rotatable bonds is 3. The number of fused-ring (bicyclic) bond motifs is 2. The van der Waals surface area contributed by atoms with Gasteiger partial charge in [-0.3, -0.25) is 4.79 Å². The first-order valence-electron chi connectivity index (χ1n) is 10.5. The van der Waals surface area contributed by atoms with Gasteiger partial charge in [0.2, 0.25) is 5.91 Å². The Bertz CT molecular complexity index is 974. The Morgan fingerprint density at radius 2 is 1.78 bits per heavy atom. The number of benzene rings is 2. The zero-order valence-electron chi connectivity index (χ0n) is 18.3. The molecule has 2 aromatic carbocycles. The zero-order valence-corrected chi connectivity index (χ0v) is 20.6. The number of carbonyl (C=O) groups excluding carboxylic acids is 1. The van der Waals surface area contributed by atoms with Gasteiger partial charge in [0, 0.05) is 42.5 Å². The highest BCUT2D eigenvalue weighted by Crippen LogP contribution is 2.36. The van der Waals surface area contributed by atoms with Crippen LogP contribution in [0, 0.1) is 5.92 Å². The third kappa shape index (κ3) is 5.67. The number of anilines is 2. The first kappa shape index (κ1) is 26.3. The molecule has 2 aliphatic rings. The van der Waals surface area contributed by atoms with E-state index in [2.05, 4.69) is 36.2 Å². The van der Waals surface area contributed by atoms with E-state index in [0.717, 1.165) is 28.5 Å². The molecule has 0 aromatic heterocycles. The summed E-state index contributed by atoms with van der Waals surface area (Å²) in [7, 11) is 0. The van der Waals surface area contributed by atoms with Crippen LogP contribution >= 0.6 is 36.4 Å². The summed E-state index contributed by atoms with van der Waals surface area (Å²) in [4.78, 5) is 21.8. The predicted molar refractivity (Wildman–Crippen MR) is 137 cm³/mol. The molecule has 174 valence electrons. The van der Waals surface area contributed by atoms with Crippen LogP contribution in [0.5, 0.6) is 0 Å². The van der Waals surface area contributed by atoms with Gasteiger partial charge in [-0.15, -0.1) is 24.8 Å². The molecule has 0 bridgehead atoms. The van der Waals surface area contributed by atoms with Crippen LogP contribution in [0.2, 0.25) is 5.02 Å². The number of hydrogen-bond donors (Lipinski definition) is 2. The Morgan fingerprint density at radius 3 is 2.47 bits per heavy atom. The first-order valence-corrected chi connectivity index (χ1v) is 10.8. The Balaban J connectivity index is 0.00000181. The fourth-order valence-electron chi connectivity index (χ4n) is 4.03. The molecule has 1 saturated heterocycles. The van der Waals surface area contributed by atoms with Gasteiger partial charge >= 0.3 is 0 Å². The van der Waals surface area contributed by atoms with Crippen molar-refractivity contribution in [1.29, 1.82) is 0 Å². The van der Waals surface area contributed by atoms with Gasteiger partial charge in [0.05, 0.1) is 17.4 Å². The number of halogens is 3. The van der Waals surface area contributed by atoms with E-state index in [9.17, 15) is 4.79 Å². The molecule has 4 rings (SSSR count). The lowest BCUT2D eigenvalue weighted by Crippen LogP contribution is -2.54. The minimum atomic E-state index is -0.425. The van der Waals surface area contributed by atoms with Crippen molar-refractivity contribution in [3.05, 3.63) is 53.1 Å². The number of carbonyl (C=O) groups is 1. The molecule has 0 aliphatic carbocycles. The molecule has 2 heterocycles. The molecule has 0 radical (unpaired) electrons. The number of piperazine rings is 1. The van der Waals surface area contributed by atoms with Crippen molar-refractivity contribution in [1.82, 2.24) is 9.80 Å². The average molecular weight is 499 g/mol. The van der Waals surface area contributed by atoms with E-state index < -0.39 is 6.04 Å². The first-order chi connectivity index (χ1) is 14.4. The predicted octanol–water partition coefficient (Wildman–Crippen LogP) is 4.84. The van der Waals surface area contributed by atoms with Crippen LogP contribution in [0.25, 0.3) is 0 Å². The number of para-hydroxylation sites is 1. The van der Waals surface area contributed by atoms with Gasteiger partial charge in [-0.2, -0.15) is 0 Å². The minimum Gasteiger partial charge on any atom is -0.353 e. The second-order valence-electron chi connectivity index (χ2n) is 8.32. The van der Waals surface area contributed by atoms with Crippen LogP contribution in [0.15, 0.2) is 47.5 Å². The van der Waals surface area contributed by atoms with Crippen molar-refractivity contribution in [3.8, 4) is 0 Å². The lowest BCUT2D eigenvalue weighted by atomic mass is 10.0. The fourth-order valence-corrected chi connectivity index (χ4v) is 4.20. The molecule has 6 nitrogen and oxygen atoms in total. The van der Waals surface area contributed by atoms with Gasteiger partial charge in [0.25, 0.3) is 0 Å². The molecule has 1 fully saturated rings. The minimum absolute atomic E-state index is 0. The number of nitrogens with one attached hydrogen (secondary N) is 1. The molecule has 1 atom stereocenters. The van der Waals surface area contributed by atoms with E-state index in [1.54, 1.807) is 0 Å². The number of amidine groups is 1. The topological polar surface area (TPSA) is 74.0 Å². The highest BCUT2D eigenvalue weighted by atomic mass is 35.5. The van der Waals surface area contributed by atoms with Crippen molar-refractivity contribution >= 4 is 65.2 Å². The van der Waals surface area contributed by atoms with Gasteiger partial charge in [0.1, 0.15) is 5.84 Å². The number of aliphatic imine (C=N–C) groups is 1. The van der Waals surface area contributed by atoms with Crippen molar-refractivity contribution in [3.63, 3.8) is 0 Å². The summed E-state index contributed by atoms with van der Waals surface area (Å²) in [5, 5.41) is 4.13. The molecular formula is C23H30Cl3N5O. The summed E-state index contributed by atoms with van der Waals surface area (Å²) in [6.07, 6.45) is 0.711. The van der Waals surface area contributed by atoms with Crippen LogP contribution in [-0.4, -0.2) is 53.8 Å². The summed E-state index contributed by atoms with van der Waals surface area (Å²) >= 11 is 6.23. The summed E-state index contributed by atoms with van der Waals surface area (Å²) in [5.74, 6) is 1.35. The molecule has 3 N–H and O–H groups in total. The van der Waals surface area contributed by atoms with Crippen LogP contribution < -0.4 is 11.1 Å². The van der Waals surface area contributed by atoms with E-state index in [1.165, 1.54) is 0 Å². The summed E-state index contributed by atoms with van der Waals surface area (Å²) in [5.41, 5.74) is 9.92. The van der Waals surface area contributed by atoms with Crippen molar-refractivity contribution in [2.24, 2.45) is 16.6 Å². The molecule has 2 aliphatic heterocycles. The normalized spacial score (nSPS) is 15.8. The smallest absolute Gasteiger partial charge is 0.239 e. The Hall–Kier alpha value is -1.99. The summed E-state index contributed by atoms with van der Waals surface area (Å²) in [6.45, 7) is 6.88. The van der Waals surface area contributed by atoms with Crippen molar-refractivity contribution < 1.29 is 4.79 Å². The number of nitrogens with zero attached hydrogens (tertiary/aromatic N) is 3. The van der Waals surface area contributed by atoms with E-state index >= 15 is 0 Å². The third-order valence-corrected chi connectivity index (χ3v) is 5.79. The monoisotopic (exact) mass is 497 g/mol. The zero-order chi connectivity index (χ0) is 21.3. The fraction of sp³-hybridized carbons (Fsp3) is 0.391. The number of amides is 1.